The Morgan fingerprint density at radius 2 is 2.03 bits per heavy atom. The van der Waals surface area contributed by atoms with E-state index in [9.17, 15) is 4.39 Å². The summed E-state index contributed by atoms with van der Waals surface area (Å²) in [6.07, 6.45) is 9.46. The number of anilines is 2. The van der Waals surface area contributed by atoms with Crippen molar-refractivity contribution in [2.24, 2.45) is 5.10 Å². The third-order valence-electron chi connectivity index (χ3n) is 7.11. The molecule has 162 valence electrons. The van der Waals surface area contributed by atoms with Crippen molar-refractivity contribution in [2.75, 3.05) is 29.9 Å². The smallest absolute Gasteiger partial charge is 0.236 e. The van der Waals surface area contributed by atoms with E-state index in [-0.39, 0.29) is 5.82 Å². The Balaban J connectivity index is 1.34. The molecule has 2 unspecified atom stereocenters. The molecule has 32 heavy (non-hydrogen) atoms. The summed E-state index contributed by atoms with van der Waals surface area (Å²) in [4.78, 5) is 18.2. The summed E-state index contributed by atoms with van der Waals surface area (Å²) in [5, 5.41) is 5.47. The van der Waals surface area contributed by atoms with E-state index in [1.807, 2.05) is 12.4 Å². The van der Waals surface area contributed by atoms with E-state index in [0.29, 0.717) is 17.2 Å². The van der Waals surface area contributed by atoms with Crippen LogP contribution in [0.5, 0.6) is 0 Å². The minimum absolute atomic E-state index is 0.275. The van der Waals surface area contributed by atoms with Crippen molar-refractivity contribution in [3.05, 3.63) is 65.8 Å². The Kier molecular flexibility index (Phi) is 4.26. The van der Waals surface area contributed by atoms with Crippen LogP contribution in [0.2, 0.25) is 0 Å². The van der Waals surface area contributed by atoms with E-state index in [4.69, 9.17) is 10.1 Å². The van der Waals surface area contributed by atoms with Gasteiger partial charge < -0.3 is 4.90 Å². The SMILES string of the molecule is CC1CCN(c2cnc3c(c2)CN(c2ncnc4ccc(F)cc24)CC3)C2=CC=N[N+]21C. The zero-order valence-electron chi connectivity index (χ0n) is 18.2. The maximum atomic E-state index is 13.9. The number of rotatable bonds is 2. The van der Waals surface area contributed by atoms with E-state index < -0.39 is 0 Å². The number of nitrogens with zero attached hydrogens (tertiary/aromatic N) is 7. The number of hydrogen-bond donors (Lipinski definition) is 0. The minimum Gasteiger partial charge on any atom is -0.351 e. The van der Waals surface area contributed by atoms with Gasteiger partial charge in [-0.1, -0.05) is 5.10 Å². The number of hydrogen-bond acceptors (Lipinski definition) is 6. The standard InChI is InChI=1S/C24H25FN7/c1-16-6-10-31(23-5-8-29-32(16,23)2)19-11-17-14-30(9-7-21(17)26-13-19)24-20-12-18(25)3-4-22(20)27-15-28-24/h3-5,8,11-13,15-16H,6-7,9-10,14H2,1-2H3/q+1. The van der Waals surface area contributed by atoms with E-state index in [0.717, 1.165) is 54.0 Å². The molecule has 1 saturated heterocycles. The van der Waals surface area contributed by atoms with Crippen LogP contribution in [0.25, 0.3) is 10.9 Å². The molecule has 1 fully saturated rings. The fraction of sp³-hybridized carbons (Fsp3) is 0.333. The number of fused-ring (bicyclic) bond motifs is 3. The van der Waals surface area contributed by atoms with Crippen molar-refractivity contribution in [3.8, 4) is 0 Å². The molecule has 3 aliphatic rings. The predicted molar refractivity (Wildman–Crippen MR) is 123 cm³/mol. The van der Waals surface area contributed by atoms with E-state index in [1.54, 1.807) is 12.4 Å². The van der Waals surface area contributed by atoms with Gasteiger partial charge in [-0.2, -0.15) is 4.59 Å². The Hall–Kier alpha value is -3.39. The fourth-order valence-electron chi connectivity index (χ4n) is 5.07. The lowest BCUT2D eigenvalue weighted by atomic mass is 10.0. The fourth-order valence-corrected chi connectivity index (χ4v) is 5.07. The van der Waals surface area contributed by atoms with Gasteiger partial charge in [-0.15, -0.1) is 0 Å². The number of halogens is 1. The molecule has 6 rings (SSSR count). The first-order valence-corrected chi connectivity index (χ1v) is 11.1. The van der Waals surface area contributed by atoms with Gasteiger partial charge in [0, 0.05) is 49.6 Å². The maximum Gasteiger partial charge on any atom is 0.236 e. The molecule has 2 atom stereocenters. The minimum atomic E-state index is -0.275. The van der Waals surface area contributed by atoms with Crippen LogP contribution in [-0.2, 0) is 13.0 Å². The number of aromatic nitrogens is 3. The summed E-state index contributed by atoms with van der Waals surface area (Å²) in [6.45, 7) is 4.68. The molecule has 3 aromatic rings. The summed E-state index contributed by atoms with van der Waals surface area (Å²) < 4.78 is 14.5. The third-order valence-corrected chi connectivity index (χ3v) is 7.11. The van der Waals surface area contributed by atoms with Crippen LogP contribution in [0.3, 0.4) is 0 Å². The molecule has 8 heteroatoms. The summed E-state index contributed by atoms with van der Waals surface area (Å²) >= 11 is 0. The van der Waals surface area contributed by atoms with Gasteiger partial charge in [-0.05, 0) is 36.8 Å². The molecule has 3 aliphatic heterocycles. The predicted octanol–water partition coefficient (Wildman–Crippen LogP) is 3.61. The second-order valence-corrected chi connectivity index (χ2v) is 8.93. The summed E-state index contributed by atoms with van der Waals surface area (Å²) in [6, 6.07) is 7.36. The molecule has 0 amide bonds. The van der Waals surface area contributed by atoms with Gasteiger partial charge in [-0.3, -0.25) is 9.88 Å². The van der Waals surface area contributed by atoms with Crippen LogP contribution >= 0.6 is 0 Å². The topological polar surface area (TPSA) is 57.5 Å². The largest absolute Gasteiger partial charge is 0.351 e. The van der Waals surface area contributed by atoms with Gasteiger partial charge in [-0.25, -0.2) is 14.4 Å². The molecular weight excluding hydrogens is 405 g/mol. The van der Waals surface area contributed by atoms with E-state index in [1.165, 1.54) is 23.5 Å². The second kappa shape index (κ2) is 7.06. The first-order chi connectivity index (χ1) is 15.5. The highest BCUT2D eigenvalue weighted by Gasteiger charge is 2.44. The highest BCUT2D eigenvalue weighted by Crippen LogP contribution is 2.37. The lowest BCUT2D eigenvalue weighted by molar-refractivity contribution is -0.904. The monoisotopic (exact) mass is 430 g/mol. The number of quaternary nitrogens is 1. The average molecular weight is 431 g/mol. The van der Waals surface area contributed by atoms with Gasteiger partial charge in [0.1, 0.15) is 24.0 Å². The molecule has 0 N–H and O–H groups in total. The van der Waals surface area contributed by atoms with E-state index >= 15 is 0 Å². The lowest BCUT2D eigenvalue weighted by Gasteiger charge is -2.42. The van der Waals surface area contributed by atoms with Crippen molar-refractivity contribution in [1.82, 2.24) is 15.0 Å². The molecule has 1 aromatic carbocycles. The van der Waals surface area contributed by atoms with Crippen LogP contribution in [-0.4, -0.2) is 51.9 Å². The van der Waals surface area contributed by atoms with Crippen LogP contribution in [0, 0.1) is 5.82 Å². The van der Waals surface area contributed by atoms with Crippen LogP contribution in [0.4, 0.5) is 15.9 Å². The van der Waals surface area contributed by atoms with Crippen molar-refractivity contribution in [3.63, 3.8) is 0 Å². The van der Waals surface area contributed by atoms with Crippen molar-refractivity contribution < 1.29 is 8.98 Å². The molecule has 0 aliphatic carbocycles. The summed E-state index contributed by atoms with van der Waals surface area (Å²) in [7, 11) is 2.17. The number of pyridine rings is 1. The molecule has 0 saturated carbocycles. The molecule has 0 bridgehead atoms. The van der Waals surface area contributed by atoms with E-state index in [2.05, 4.69) is 45.9 Å². The molecule has 5 heterocycles. The zero-order chi connectivity index (χ0) is 21.9. The van der Waals surface area contributed by atoms with Crippen LogP contribution < -0.4 is 9.80 Å². The quantitative estimate of drug-likeness (QED) is 0.582. The van der Waals surface area contributed by atoms with Gasteiger partial charge in [0.05, 0.1) is 30.7 Å². The molecule has 2 aromatic heterocycles. The highest BCUT2D eigenvalue weighted by atomic mass is 19.1. The van der Waals surface area contributed by atoms with Crippen molar-refractivity contribution in [2.45, 2.75) is 32.4 Å². The summed E-state index contributed by atoms with van der Waals surface area (Å²) in [5.41, 5.74) is 4.15. The first-order valence-electron chi connectivity index (χ1n) is 11.1. The molecular formula is C24H25FN7+. The highest BCUT2D eigenvalue weighted by molar-refractivity contribution is 5.89. The van der Waals surface area contributed by atoms with Crippen molar-refractivity contribution >= 4 is 28.6 Å². The van der Waals surface area contributed by atoms with Gasteiger partial charge in [0.2, 0.25) is 5.82 Å². The lowest BCUT2D eigenvalue weighted by Crippen LogP contribution is -2.55. The average Bonchev–Trinajstić information content (AvgIpc) is 3.22. The molecule has 0 spiro atoms. The number of allylic oxidation sites excluding steroid dienone is 1. The third kappa shape index (κ3) is 2.90. The van der Waals surface area contributed by atoms with Gasteiger partial charge in [0.15, 0.2) is 0 Å². The van der Waals surface area contributed by atoms with Gasteiger partial charge in [0.25, 0.3) is 0 Å². The normalized spacial score (nSPS) is 24.5. The van der Waals surface area contributed by atoms with Crippen LogP contribution in [0.1, 0.15) is 24.6 Å². The Morgan fingerprint density at radius 1 is 1.12 bits per heavy atom. The Bertz CT molecular complexity index is 1290. The number of benzene rings is 1. The summed E-state index contributed by atoms with van der Waals surface area (Å²) in [5.74, 6) is 1.69. The van der Waals surface area contributed by atoms with Crippen molar-refractivity contribution in [1.29, 1.82) is 0 Å². The second-order valence-electron chi connectivity index (χ2n) is 8.93. The molecule has 0 radical (unpaired) electrons. The molecule has 7 nitrogen and oxygen atoms in total. The first kappa shape index (κ1) is 19.3. The zero-order valence-corrected chi connectivity index (χ0v) is 18.2. The maximum absolute atomic E-state index is 13.9. The van der Waals surface area contributed by atoms with Gasteiger partial charge >= 0.3 is 0 Å². The Morgan fingerprint density at radius 3 is 2.94 bits per heavy atom. The van der Waals surface area contributed by atoms with Crippen LogP contribution in [0.15, 0.2) is 53.8 Å². The Labute approximate surface area is 186 Å².